The Labute approximate surface area is 215 Å². The van der Waals surface area contributed by atoms with Gasteiger partial charge in [0.15, 0.2) is 0 Å². The molecule has 0 aliphatic carbocycles. The Bertz CT molecular complexity index is 1200. The van der Waals surface area contributed by atoms with Gasteiger partial charge < -0.3 is 14.9 Å². The molecule has 0 fully saturated rings. The second-order valence-corrected chi connectivity index (χ2v) is 9.05. The van der Waals surface area contributed by atoms with Crippen LogP contribution in [0, 0.1) is 0 Å². The molecule has 0 atom stereocenters. The molecule has 36 heavy (non-hydrogen) atoms. The number of benzene rings is 3. The van der Waals surface area contributed by atoms with Crippen LogP contribution in [0.15, 0.2) is 79.0 Å². The van der Waals surface area contributed by atoms with Crippen LogP contribution in [0.1, 0.15) is 50.3 Å². The van der Waals surface area contributed by atoms with Crippen LogP contribution in [0.3, 0.4) is 0 Å². The van der Waals surface area contributed by atoms with Crippen LogP contribution in [0.5, 0.6) is 5.75 Å². The number of phenolic OH excluding ortho intramolecular Hbond substituents is 1. The lowest BCUT2D eigenvalue weighted by Crippen LogP contribution is -2.22. The number of para-hydroxylation sites is 1. The summed E-state index contributed by atoms with van der Waals surface area (Å²) in [5.41, 5.74) is 7.65. The van der Waals surface area contributed by atoms with E-state index in [-0.39, 0.29) is 11.7 Å². The molecule has 1 heterocycles. The highest BCUT2D eigenvalue weighted by atomic mass is 16.3. The van der Waals surface area contributed by atoms with Crippen molar-refractivity contribution >= 4 is 11.4 Å². The molecule has 1 aromatic heterocycles. The summed E-state index contributed by atoms with van der Waals surface area (Å²) in [7, 11) is 1.94. The predicted octanol–water partition coefficient (Wildman–Crippen LogP) is 6.67. The average molecular weight is 483 g/mol. The minimum atomic E-state index is -0.0233. The second-order valence-electron chi connectivity index (χ2n) is 9.05. The molecule has 4 aromatic rings. The summed E-state index contributed by atoms with van der Waals surface area (Å²) in [6.07, 6.45) is 1.95. The number of aromatic nitrogens is 2. The van der Waals surface area contributed by atoms with Gasteiger partial charge in [0.05, 0.1) is 11.9 Å². The highest BCUT2D eigenvalue weighted by molar-refractivity contribution is 5.72. The lowest BCUT2D eigenvalue weighted by molar-refractivity contribution is 0.476. The molecule has 0 radical (unpaired) electrons. The molecule has 5 heteroatoms. The van der Waals surface area contributed by atoms with Gasteiger partial charge in [-0.2, -0.15) is 5.10 Å². The van der Waals surface area contributed by atoms with Crippen LogP contribution in [-0.2, 0) is 7.05 Å². The smallest absolute Gasteiger partial charge is 0.124 e. The summed E-state index contributed by atoms with van der Waals surface area (Å²) in [6, 6.07) is 25.3. The van der Waals surface area contributed by atoms with Crippen molar-refractivity contribution in [2.24, 2.45) is 7.05 Å². The summed E-state index contributed by atoms with van der Waals surface area (Å²) >= 11 is 0. The average Bonchev–Trinajstić information content (AvgIpc) is 3.28. The molecule has 0 bridgehead atoms. The maximum atomic E-state index is 10.7. The van der Waals surface area contributed by atoms with E-state index in [1.54, 1.807) is 6.07 Å². The zero-order valence-corrected chi connectivity index (χ0v) is 22.1. The molecule has 0 saturated heterocycles. The van der Waals surface area contributed by atoms with E-state index in [1.165, 1.54) is 22.5 Å². The van der Waals surface area contributed by atoms with Crippen molar-refractivity contribution in [3.05, 3.63) is 95.7 Å². The van der Waals surface area contributed by atoms with Gasteiger partial charge in [0.1, 0.15) is 5.75 Å². The van der Waals surface area contributed by atoms with E-state index in [2.05, 4.69) is 91.1 Å². The van der Waals surface area contributed by atoms with Crippen LogP contribution in [0.4, 0.5) is 11.4 Å². The van der Waals surface area contributed by atoms with E-state index in [9.17, 15) is 5.11 Å². The van der Waals surface area contributed by atoms with Gasteiger partial charge in [-0.1, -0.05) is 36.4 Å². The van der Waals surface area contributed by atoms with Crippen molar-refractivity contribution in [2.45, 2.75) is 33.6 Å². The number of anilines is 2. The molecule has 0 aliphatic heterocycles. The molecular weight excluding hydrogens is 444 g/mol. The Morgan fingerprint density at radius 2 is 1.19 bits per heavy atom. The fourth-order valence-electron chi connectivity index (χ4n) is 5.15. The SMILES string of the molecule is CCN(CC)c1ccc(C(c2ccc(N(CC)CC)cc2)c2cnn(C)c2-c2ccccc2O)cc1. The summed E-state index contributed by atoms with van der Waals surface area (Å²) in [5, 5.41) is 15.3. The Morgan fingerprint density at radius 1 is 0.722 bits per heavy atom. The maximum absolute atomic E-state index is 10.7. The fourth-order valence-corrected chi connectivity index (χ4v) is 5.15. The first-order valence-corrected chi connectivity index (χ1v) is 13.0. The fraction of sp³-hybridized carbons (Fsp3) is 0.323. The third-order valence-electron chi connectivity index (χ3n) is 7.15. The van der Waals surface area contributed by atoms with E-state index >= 15 is 0 Å². The highest BCUT2D eigenvalue weighted by Gasteiger charge is 2.25. The van der Waals surface area contributed by atoms with E-state index in [0.717, 1.165) is 43.0 Å². The monoisotopic (exact) mass is 482 g/mol. The quantitative estimate of drug-likeness (QED) is 0.274. The highest BCUT2D eigenvalue weighted by Crippen LogP contribution is 2.41. The second kappa shape index (κ2) is 11.3. The van der Waals surface area contributed by atoms with Gasteiger partial charge in [0.2, 0.25) is 0 Å². The van der Waals surface area contributed by atoms with Gasteiger partial charge in [0.25, 0.3) is 0 Å². The number of hydrogen-bond acceptors (Lipinski definition) is 4. The number of rotatable bonds is 10. The normalized spacial score (nSPS) is 11.2. The Hall–Kier alpha value is -3.73. The standard InChI is InChI=1S/C31H38N4O/c1-6-34(7-2)25-18-14-23(15-19-25)30(24-16-20-26(21-17-24)35(8-3)9-4)28-22-32-33(5)31(28)27-12-10-11-13-29(27)36/h10-22,30,36H,6-9H2,1-5H3. The first-order valence-electron chi connectivity index (χ1n) is 13.0. The zero-order chi connectivity index (χ0) is 25.7. The molecule has 188 valence electrons. The van der Waals surface area contributed by atoms with Crippen LogP contribution >= 0.6 is 0 Å². The van der Waals surface area contributed by atoms with Crippen LogP contribution < -0.4 is 9.80 Å². The molecule has 0 unspecified atom stereocenters. The predicted molar refractivity (Wildman–Crippen MR) is 151 cm³/mol. The Kier molecular flexibility index (Phi) is 7.99. The minimum absolute atomic E-state index is 0.0233. The van der Waals surface area contributed by atoms with Gasteiger partial charge in [-0.05, 0) is 75.2 Å². The van der Waals surface area contributed by atoms with Crippen molar-refractivity contribution < 1.29 is 5.11 Å². The number of aryl methyl sites for hydroxylation is 1. The van der Waals surface area contributed by atoms with E-state index in [4.69, 9.17) is 0 Å². The molecule has 4 rings (SSSR count). The van der Waals surface area contributed by atoms with Gasteiger partial charge in [-0.3, -0.25) is 4.68 Å². The molecule has 0 aliphatic rings. The lowest BCUT2D eigenvalue weighted by Gasteiger charge is -2.25. The number of aromatic hydroxyl groups is 1. The van der Waals surface area contributed by atoms with Gasteiger partial charge in [0, 0.05) is 61.6 Å². The van der Waals surface area contributed by atoms with E-state index in [0.29, 0.717) is 0 Å². The van der Waals surface area contributed by atoms with Gasteiger partial charge >= 0.3 is 0 Å². The number of hydrogen-bond donors (Lipinski definition) is 1. The third-order valence-corrected chi connectivity index (χ3v) is 7.15. The van der Waals surface area contributed by atoms with Crippen molar-refractivity contribution in [3.8, 4) is 17.0 Å². The number of nitrogens with zero attached hydrogens (tertiary/aromatic N) is 4. The van der Waals surface area contributed by atoms with Gasteiger partial charge in [-0.25, -0.2) is 0 Å². The zero-order valence-electron chi connectivity index (χ0n) is 22.1. The molecule has 1 N–H and O–H groups in total. The molecule has 5 nitrogen and oxygen atoms in total. The first kappa shape index (κ1) is 25.4. The molecule has 0 amide bonds. The number of phenols is 1. The summed E-state index contributed by atoms with van der Waals surface area (Å²) < 4.78 is 1.87. The largest absolute Gasteiger partial charge is 0.507 e. The van der Waals surface area contributed by atoms with E-state index < -0.39 is 0 Å². The van der Waals surface area contributed by atoms with Crippen LogP contribution in [-0.4, -0.2) is 41.1 Å². The van der Waals surface area contributed by atoms with Crippen molar-refractivity contribution in [1.29, 1.82) is 0 Å². The molecule has 3 aromatic carbocycles. The maximum Gasteiger partial charge on any atom is 0.124 e. The van der Waals surface area contributed by atoms with E-state index in [1.807, 2.05) is 36.1 Å². The van der Waals surface area contributed by atoms with Gasteiger partial charge in [-0.15, -0.1) is 0 Å². The molecule has 0 spiro atoms. The summed E-state index contributed by atoms with van der Waals surface area (Å²) in [6.45, 7) is 12.7. The lowest BCUT2D eigenvalue weighted by atomic mass is 9.84. The summed E-state index contributed by atoms with van der Waals surface area (Å²) in [4.78, 5) is 4.71. The summed E-state index contributed by atoms with van der Waals surface area (Å²) in [5.74, 6) is 0.236. The minimum Gasteiger partial charge on any atom is -0.507 e. The molecule has 0 saturated carbocycles. The first-order chi connectivity index (χ1) is 17.5. The van der Waals surface area contributed by atoms with Crippen molar-refractivity contribution in [2.75, 3.05) is 36.0 Å². The third kappa shape index (κ3) is 4.97. The Balaban J connectivity index is 1.86. The van der Waals surface area contributed by atoms with Crippen molar-refractivity contribution in [3.63, 3.8) is 0 Å². The molecular formula is C31H38N4O. The van der Waals surface area contributed by atoms with Crippen LogP contribution in [0.25, 0.3) is 11.3 Å². The van der Waals surface area contributed by atoms with Crippen molar-refractivity contribution in [1.82, 2.24) is 9.78 Å². The Morgan fingerprint density at radius 3 is 1.64 bits per heavy atom. The van der Waals surface area contributed by atoms with Crippen LogP contribution in [0.2, 0.25) is 0 Å². The topological polar surface area (TPSA) is 44.5 Å².